The Morgan fingerprint density at radius 1 is 0.931 bits per heavy atom. The van der Waals surface area contributed by atoms with Gasteiger partial charge < -0.3 is 19.9 Å². The number of rotatable bonds is 5. The Bertz CT molecular complexity index is 954. The van der Waals surface area contributed by atoms with Gasteiger partial charge in [0.2, 0.25) is 5.95 Å². The van der Waals surface area contributed by atoms with Crippen molar-refractivity contribution in [3.05, 3.63) is 72.4 Å². The van der Waals surface area contributed by atoms with Gasteiger partial charge in [-0.25, -0.2) is 9.78 Å². The van der Waals surface area contributed by atoms with Crippen LogP contribution in [0, 0.1) is 0 Å². The normalized spacial score (nSPS) is 13.8. The lowest BCUT2D eigenvalue weighted by Gasteiger charge is -2.36. The maximum atomic E-state index is 11.5. The van der Waals surface area contributed by atoms with Gasteiger partial charge in [-0.05, 0) is 42.5 Å². The number of anilines is 4. The Hall–Kier alpha value is -3.61. The summed E-state index contributed by atoms with van der Waals surface area (Å²) in [6.45, 7) is 3.70. The third-order valence-electron chi connectivity index (χ3n) is 4.93. The molecule has 0 unspecified atom stereocenters. The zero-order chi connectivity index (χ0) is 20.1. The number of methoxy groups -OCH3 is 1. The first-order valence-corrected chi connectivity index (χ1v) is 9.56. The zero-order valence-electron chi connectivity index (χ0n) is 16.3. The van der Waals surface area contributed by atoms with E-state index in [0.717, 1.165) is 37.7 Å². The first-order chi connectivity index (χ1) is 14.2. The molecule has 4 rings (SSSR count). The molecule has 0 saturated carbocycles. The lowest BCUT2D eigenvalue weighted by molar-refractivity contribution is 0.0601. The summed E-state index contributed by atoms with van der Waals surface area (Å²) in [5.41, 5.74) is 2.57. The van der Waals surface area contributed by atoms with Crippen molar-refractivity contribution in [2.24, 2.45) is 0 Å². The largest absolute Gasteiger partial charge is 0.465 e. The number of nitrogens with zero attached hydrogens (tertiary/aromatic N) is 4. The fourth-order valence-corrected chi connectivity index (χ4v) is 3.35. The minimum Gasteiger partial charge on any atom is -0.465 e. The topological polar surface area (TPSA) is 70.6 Å². The van der Waals surface area contributed by atoms with Crippen LogP contribution in [0.2, 0.25) is 0 Å². The summed E-state index contributed by atoms with van der Waals surface area (Å²) in [7, 11) is 1.37. The van der Waals surface area contributed by atoms with Crippen LogP contribution in [0.15, 0.2) is 66.9 Å². The molecule has 1 N–H and O–H groups in total. The molecule has 3 aromatic rings. The summed E-state index contributed by atoms with van der Waals surface area (Å²) in [5.74, 6) is 1.07. The van der Waals surface area contributed by atoms with Crippen LogP contribution in [0.1, 0.15) is 10.4 Å². The summed E-state index contributed by atoms with van der Waals surface area (Å²) < 4.78 is 4.72. The van der Waals surface area contributed by atoms with Gasteiger partial charge in [0.1, 0.15) is 5.82 Å². The summed E-state index contributed by atoms with van der Waals surface area (Å²) in [6.07, 6.45) is 1.76. The third kappa shape index (κ3) is 4.45. The zero-order valence-corrected chi connectivity index (χ0v) is 16.3. The van der Waals surface area contributed by atoms with Crippen molar-refractivity contribution < 1.29 is 9.53 Å². The van der Waals surface area contributed by atoms with Crippen molar-refractivity contribution in [1.29, 1.82) is 0 Å². The summed E-state index contributed by atoms with van der Waals surface area (Å²) in [6, 6.07) is 19.4. The number of aromatic nitrogens is 2. The second-order valence-electron chi connectivity index (χ2n) is 6.74. The maximum absolute atomic E-state index is 11.5. The van der Waals surface area contributed by atoms with Gasteiger partial charge in [0.25, 0.3) is 0 Å². The van der Waals surface area contributed by atoms with Crippen LogP contribution < -0.4 is 15.1 Å². The number of nitrogens with one attached hydrogen (secondary N) is 1. The molecule has 2 heterocycles. The molecule has 1 aromatic heterocycles. The van der Waals surface area contributed by atoms with Gasteiger partial charge in [0, 0.05) is 43.8 Å². The number of benzene rings is 2. The Morgan fingerprint density at radius 2 is 1.62 bits per heavy atom. The molecule has 1 aliphatic rings. The summed E-state index contributed by atoms with van der Waals surface area (Å²) >= 11 is 0. The van der Waals surface area contributed by atoms with Crippen molar-refractivity contribution in [2.75, 3.05) is 48.4 Å². The van der Waals surface area contributed by atoms with Gasteiger partial charge in [-0.1, -0.05) is 18.2 Å². The fourth-order valence-electron chi connectivity index (χ4n) is 3.35. The molecule has 29 heavy (non-hydrogen) atoms. The maximum Gasteiger partial charge on any atom is 0.337 e. The lowest BCUT2D eigenvalue weighted by Crippen LogP contribution is -2.46. The molecule has 0 amide bonds. The Kier molecular flexibility index (Phi) is 5.56. The van der Waals surface area contributed by atoms with Crippen LogP contribution in [0.3, 0.4) is 0 Å². The van der Waals surface area contributed by atoms with E-state index in [9.17, 15) is 4.79 Å². The highest BCUT2D eigenvalue weighted by atomic mass is 16.5. The van der Waals surface area contributed by atoms with E-state index in [2.05, 4.69) is 49.4 Å². The predicted molar refractivity (Wildman–Crippen MR) is 114 cm³/mol. The molecule has 7 nitrogen and oxygen atoms in total. The van der Waals surface area contributed by atoms with E-state index in [0.29, 0.717) is 11.5 Å². The quantitative estimate of drug-likeness (QED) is 0.671. The third-order valence-corrected chi connectivity index (χ3v) is 4.93. The summed E-state index contributed by atoms with van der Waals surface area (Å²) in [4.78, 5) is 25.2. The number of carbonyl (C=O) groups is 1. The monoisotopic (exact) mass is 389 g/mol. The molecule has 0 spiro atoms. The van der Waals surface area contributed by atoms with Gasteiger partial charge in [0.05, 0.1) is 12.7 Å². The van der Waals surface area contributed by atoms with Crippen molar-refractivity contribution >= 4 is 29.1 Å². The van der Waals surface area contributed by atoms with E-state index in [1.807, 2.05) is 12.1 Å². The molecular weight excluding hydrogens is 366 g/mol. The van der Waals surface area contributed by atoms with Crippen LogP contribution in [-0.4, -0.2) is 49.2 Å². The highest BCUT2D eigenvalue weighted by Crippen LogP contribution is 2.21. The van der Waals surface area contributed by atoms with Crippen molar-refractivity contribution in [2.45, 2.75) is 0 Å². The second-order valence-corrected chi connectivity index (χ2v) is 6.74. The van der Waals surface area contributed by atoms with Gasteiger partial charge in [0.15, 0.2) is 0 Å². The van der Waals surface area contributed by atoms with E-state index < -0.39 is 0 Å². The van der Waals surface area contributed by atoms with Crippen molar-refractivity contribution in [3.8, 4) is 0 Å². The number of ether oxygens (including phenoxy) is 1. The van der Waals surface area contributed by atoms with Crippen LogP contribution >= 0.6 is 0 Å². The van der Waals surface area contributed by atoms with Crippen LogP contribution in [0.5, 0.6) is 0 Å². The number of esters is 1. The average molecular weight is 389 g/mol. The number of hydrogen-bond donors (Lipinski definition) is 1. The Morgan fingerprint density at radius 3 is 2.31 bits per heavy atom. The second kappa shape index (κ2) is 8.60. The highest BCUT2D eigenvalue weighted by molar-refractivity contribution is 5.89. The SMILES string of the molecule is COC(=O)c1ccc(Nc2nccc(N3CCN(c4ccccc4)CC3)n2)cc1. The number of piperazine rings is 1. The highest BCUT2D eigenvalue weighted by Gasteiger charge is 2.18. The van der Waals surface area contributed by atoms with Gasteiger partial charge in [-0.3, -0.25) is 0 Å². The summed E-state index contributed by atoms with van der Waals surface area (Å²) in [5, 5.41) is 3.19. The first kappa shape index (κ1) is 18.7. The molecule has 148 valence electrons. The van der Waals surface area contributed by atoms with E-state index in [-0.39, 0.29) is 5.97 Å². The fraction of sp³-hybridized carbons (Fsp3) is 0.227. The van der Waals surface area contributed by atoms with Crippen LogP contribution in [0.4, 0.5) is 23.1 Å². The molecule has 1 saturated heterocycles. The molecule has 2 aromatic carbocycles. The van der Waals surface area contributed by atoms with Crippen LogP contribution in [0.25, 0.3) is 0 Å². The molecule has 1 fully saturated rings. The van der Waals surface area contributed by atoms with Gasteiger partial charge >= 0.3 is 5.97 Å². The number of carbonyl (C=O) groups excluding carboxylic acids is 1. The van der Waals surface area contributed by atoms with E-state index in [4.69, 9.17) is 4.74 Å². The molecule has 0 radical (unpaired) electrons. The molecule has 1 aliphatic heterocycles. The number of hydrogen-bond acceptors (Lipinski definition) is 7. The molecule has 0 aliphatic carbocycles. The van der Waals surface area contributed by atoms with E-state index in [1.165, 1.54) is 12.8 Å². The van der Waals surface area contributed by atoms with Crippen LogP contribution in [-0.2, 0) is 4.74 Å². The van der Waals surface area contributed by atoms with E-state index >= 15 is 0 Å². The van der Waals surface area contributed by atoms with Crippen molar-refractivity contribution in [1.82, 2.24) is 9.97 Å². The van der Waals surface area contributed by atoms with Gasteiger partial charge in [-0.15, -0.1) is 0 Å². The average Bonchev–Trinajstić information content (AvgIpc) is 2.80. The smallest absolute Gasteiger partial charge is 0.337 e. The van der Waals surface area contributed by atoms with Gasteiger partial charge in [-0.2, -0.15) is 4.98 Å². The molecule has 0 bridgehead atoms. The standard InChI is InChI=1S/C22H23N5O2/c1-29-21(28)17-7-9-18(10-8-17)24-22-23-12-11-20(25-22)27-15-13-26(14-16-27)19-5-3-2-4-6-19/h2-12H,13-16H2,1H3,(H,23,24,25). The molecule has 7 heteroatoms. The predicted octanol–water partition coefficient (Wildman–Crippen LogP) is 3.33. The van der Waals surface area contributed by atoms with Crippen molar-refractivity contribution in [3.63, 3.8) is 0 Å². The number of para-hydroxylation sites is 1. The minimum absolute atomic E-state index is 0.357. The minimum atomic E-state index is -0.357. The Balaban J connectivity index is 1.39. The Labute approximate surface area is 170 Å². The molecular formula is C22H23N5O2. The first-order valence-electron chi connectivity index (χ1n) is 9.56. The van der Waals surface area contributed by atoms with E-state index in [1.54, 1.807) is 30.5 Å². The lowest BCUT2D eigenvalue weighted by atomic mass is 10.2. The molecule has 0 atom stereocenters.